The zero-order valence-corrected chi connectivity index (χ0v) is 53.5. The van der Waals surface area contributed by atoms with E-state index in [1.165, 1.54) is 30.3 Å². The Morgan fingerprint density at radius 2 is 1.02 bits per heavy atom. The predicted octanol–water partition coefficient (Wildman–Crippen LogP) is 20.8. The smallest absolute Gasteiger partial charge is 0.380 e. The Hall–Kier alpha value is -7.36. The third kappa shape index (κ3) is 8.42. The summed E-state index contributed by atoms with van der Waals surface area (Å²) in [6.45, 7) is 9.06. The summed E-state index contributed by atoms with van der Waals surface area (Å²) in [6.07, 6.45) is 14.7. The lowest BCUT2D eigenvalue weighted by Crippen LogP contribution is -2.55. The zero-order valence-electron chi connectivity index (χ0n) is 51.9. The van der Waals surface area contributed by atoms with Crippen LogP contribution < -0.4 is 9.64 Å². The van der Waals surface area contributed by atoms with E-state index in [4.69, 9.17) is 4.74 Å². The number of ether oxygens (including phenoxy) is 1. The molecule has 4 fully saturated rings. The van der Waals surface area contributed by atoms with Gasteiger partial charge in [-0.2, -0.15) is 26.3 Å². The highest BCUT2D eigenvalue weighted by atomic mass is 32.1. The van der Waals surface area contributed by atoms with Gasteiger partial charge >= 0.3 is 17.8 Å². The molecule has 2 aliphatic heterocycles. The van der Waals surface area contributed by atoms with Crippen LogP contribution in [0.25, 0.3) is 64.7 Å². The molecule has 4 saturated carbocycles. The van der Waals surface area contributed by atoms with Crippen molar-refractivity contribution in [2.75, 3.05) is 12.0 Å². The van der Waals surface area contributed by atoms with E-state index in [1.807, 2.05) is 60.7 Å². The molecule has 0 spiro atoms. The fourth-order valence-corrected chi connectivity index (χ4v) is 20.9. The first-order chi connectivity index (χ1) is 43.6. The number of halogens is 6. The van der Waals surface area contributed by atoms with E-state index in [1.54, 1.807) is 61.2 Å². The van der Waals surface area contributed by atoms with E-state index < -0.39 is 57.1 Å². The molecule has 0 radical (unpaired) electrons. The minimum Gasteiger partial charge on any atom is -0.487 e. The summed E-state index contributed by atoms with van der Waals surface area (Å²) in [7, 11) is 1.23. The number of imide groups is 2. The molecular weight excluding hydrogens is 1200 g/mol. The Kier molecular flexibility index (Phi) is 14.1. The largest absolute Gasteiger partial charge is 0.487 e. The van der Waals surface area contributed by atoms with Gasteiger partial charge in [0.25, 0.3) is 23.6 Å². The first-order valence-corrected chi connectivity index (χ1v) is 34.1. The monoisotopic (exact) mass is 1270 g/mol. The van der Waals surface area contributed by atoms with Crippen molar-refractivity contribution < 1.29 is 50.3 Å². The summed E-state index contributed by atoms with van der Waals surface area (Å²) in [5.41, 5.74) is -0.163. The number of nitrogens with zero attached hydrogens (tertiary/aromatic N) is 2. The van der Waals surface area contributed by atoms with Gasteiger partial charge in [0, 0.05) is 81.4 Å². The summed E-state index contributed by atoms with van der Waals surface area (Å²) in [6, 6.07) is 31.2. The molecule has 4 heterocycles. The lowest BCUT2D eigenvalue weighted by Gasteiger charge is -2.62. The molecule has 4 bridgehead atoms. The predicted molar refractivity (Wildman–Crippen MR) is 352 cm³/mol. The van der Waals surface area contributed by atoms with E-state index in [2.05, 4.69) is 13.8 Å². The molecule has 7 aromatic carbocycles. The van der Waals surface area contributed by atoms with Crippen molar-refractivity contribution in [3.8, 4) is 15.5 Å². The van der Waals surface area contributed by atoms with Crippen LogP contribution in [0.1, 0.15) is 196 Å². The third-order valence-electron chi connectivity index (χ3n) is 21.9. The molecule has 0 N–H and O–H groups in total. The Morgan fingerprint density at radius 3 is 1.52 bits per heavy atom. The van der Waals surface area contributed by atoms with Crippen LogP contribution in [-0.4, -0.2) is 59.4 Å². The van der Waals surface area contributed by atoms with Crippen molar-refractivity contribution in [2.24, 2.45) is 11.8 Å². The van der Waals surface area contributed by atoms with Gasteiger partial charge in [-0.25, -0.2) is 4.90 Å². The summed E-state index contributed by atoms with van der Waals surface area (Å²) < 4.78 is 105. The fourth-order valence-electron chi connectivity index (χ4n) is 18.4. The number of hydrogen-bond acceptors (Lipinski definition) is 7. The number of unbranched alkanes of at least 4 members (excludes halogenated alkanes) is 6. The molecule has 9 aromatic rings. The molecule has 2 unspecified atom stereocenters. The number of hydrogen-bond donors (Lipinski definition) is 0. The quantitative estimate of drug-likeness (QED) is 0.0281. The second-order valence-corrected chi connectivity index (χ2v) is 29.4. The summed E-state index contributed by atoms with van der Waals surface area (Å²) in [5, 5.41) is 5.87. The third-order valence-corrected chi connectivity index (χ3v) is 24.7. The van der Waals surface area contributed by atoms with Crippen LogP contribution in [0.3, 0.4) is 0 Å². The molecule has 7 aliphatic rings. The van der Waals surface area contributed by atoms with Crippen LogP contribution in [0.15, 0.2) is 103 Å². The van der Waals surface area contributed by atoms with Crippen molar-refractivity contribution in [2.45, 2.75) is 172 Å². The highest BCUT2D eigenvalue weighted by Gasteiger charge is 2.81. The molecule has 16 rings (SSSR count). The van der Waals surface area contributed by atoms with Gasteiger partial charge in [0.05, 0.1) is 12.8 Å². The lowest BCUT2D eigenvalue weighted by atomic mass is 9.42. The molecule has 468 valence electrons. The van der Waals surface area contributed by atoms with E-state index >= 15 is 35.9 Å². The maximum Gasteiger partial charge on any atom is 0.380 e. The van der Waals surface area contributed by atoms with Crippen molar-refractivity contribution in [3.63, 3.8) is 0 Å². The molecule has 0 saturated heterocycles. The van der Waals surface area contributed by atoms with Gasteiger partial charge in [0.15, 0.2) is 5.06 Å². The molecule has 91 heavy (non-hydrogen) atoms. The number of fused-ring (bicyclic) bond motifs is 2. The second-order valence-electron chi connectivity index (χ2n) is 27.2. The number of thiophene rings is 2. The molecule has 5 aliphatic carbocycles. The molecule has 7 nitrogen and oxygen atoms in total. The molecule has 15 heteroatoms. The van der Waals surface area contributed by atoms with Crippen molar-refractivity contribution in [3.05, 3.63) is 163 Å². The van der Waals surface area contributed by atoms with E-state index in [0.717, 1.165) is 150 Å². The Labute approximate surface area is 532 Å². The molecule has 4 atom stereocenters. The number of carbonyl (C=O) groups is 4. The summed E-state index contributed by atoms with van der Waals surface area (Å²) in [4.78, 5) is 63.9. The first-order valence-electron chi connectivity index (χ1n) is 32.4. The molecule has 4 amide bonds. The van der Waals surface area contributed by atoms with Crippen LogP contribution in [-0.2, 0) is 10.8 Å². The number of rotatable bonds is 18. The maximum absolute atomic E-state index is 16.9. The average Bonchev–Trinajstić information content (AvgIpc) is 1.44. The minimum absolute atomic E-state index is 0.151. The first kappa shape index (κ1) is 59.9. The maximum atomic E-state index is 16.9. The topological polar surface area (TPSA) is 84.0 Å². The lowest BCUT2D eigenvalue weighted by molar-refractivity contribution is -0.254. The van der Waals surface area contributed by atoms with E-state index in [-0.39, 0.29) is 50.8 Å². The van der Waals surface area contributed by atoms with Crippen molar-refractivity contribution in [1.29, 1.82) is 0 Å². The van der Waals surface area contributed by atoms with Crippen LogP contribution in [0.5, 0.6) is 5.06 Å². The van der Waals surface area contributed by atoms with Gasteiger partial charge in [0.1, 0.15) is 0 Å². The SMILES string of the molecule is CCCCCCC(CCCCCC)N1C(=O)c2ccc3c4ccc5c6c(ccc(c7ccc(c2c37)C1=O)c64)C(=O)N(c1ccc(C23C[C@H]4C[C@@H](C2)CC(c2sc(C)c(C6=C(c7c(OC)sc(-c8ccccc8)c7C)C(F)(F)C(F)(F)C6(F)F)c2C)(C4)C3)cc1)C5=O. The number of methoxy groups -OCH3 is 1. The fraction of sp³-hybridized carbons (Fsp3) is 0.395. The number of anilines is 1. The van der Waals surface area contributed by atoms with Crippen molar-refractivity contribution in [1.82, 2.24) is 4.90 Å². The Balaban J connectivity index is 0.755. The normalized spacial score (nSPS) is 22.9. The van der Waals surface area contributed by atoms with Crippen LogP contribution in [0.4, 0.5) is 32.0 Å². The standard InChI is InChI=1S/C76H70F6N2O5S2/c1-7-9-11-16-20-47(21-17-12-10-8-2)83-67(85)53-30-26-49-51-28-32-55-62-56(33-29-52(60(51)62)50-27-31-54(68(83)86)61(53)59(49)50)70(88)84(69(55)87)48-24-22-46(23-25-48)72-35-43-34-44(36-72)38-73(37-43,39-72)66-41(4)57(42(5)90-66)63-64(75(79,80)76(81,82)74(63,77)78)58-40(3)65(91-71(58)89-6)45-18-14-13-15-19-45/h13-15,18-19,22-33,43-44,47H,7-12,16-17,20-21,34-39H2,1-6H3/t43-,44+,72?,73?. The number of allylic oxidation sites excluding steroid dienone is 2. The van der Waals surface area contributed by atoms with Crippen molar-refractivity contribution >= 4 is 106 Å². The molecular formula is C76H70F6N2O5S2. The number of amides is 4. The van der Waals surface area contributed by atoms with Crippen LogP contribution in [0, 0.1) is 32.6 Å². The van der Waals surface area contributed by atoms with Crippen LogP contribution in [0.2, 0.25) is 0 Å². The number of aryl methyl sites for hydroxylation is 1. The number of alkyl halides is 6. The van der Waals surface area contributed by atoms with Gasteiger partial charge in [-0.05, 0) is 180 Å². The summed E-state index contributed by atoms with van der Waals surface area (Å²) in [5.74, 6) is -17.2. The van der Waals surface area contributed by atoms with E-state index in [9.17, 15) is 9.59 Å². The number of carbonyl (C=O) groups excluding carboxylic acids is 4. The molecule has 2 aromatic heterocycles. The van der Waals surface area contributed by atoms with Gasteiger partial charge in [0.2, 0.25) is 0 Å². The minimum atomic E-state index is -5.75. The zero-order chi connectivity index (χ0) is 63.6. The second kappa shape index (κ2) is 21.3. The summed E-state index contributed by atoms with van der Waals surface area (Å²) >= 11 is 2.22. The van der Waals surface area contributed by atoms with Gasteiger partial charge < -0.3 is 4.74 Å². The van der Waals surface area contributed by atoms with Gasteiger partial charge in [-0.15, -0.1) is 11.3 Å². The highest BCUT2D eigenvalue weighted by molar-refractivity contribution is 7.17. The Bertz CT molecular complexity index is 4450. The Morgan fingerprint density at radius 1 is 0.538 bits per heavy atom. The number of benzene rings is 7. The van der Waals surface area contributed by atoms with E-state index in [0.29, 0.717) is 61.1 Å². The van der Waals surface area contributed by atoms with Gasteiger partial charge in [-0.3, -0.25) is 24.1 Å². The highest BCUT2D eigenvalue weighted by Crippen LogP contribution is 2.71. The average molecular weight is 1270 g/mol. The van der Waals surface area contributed by atoms with Crippen LogP contribution >= 0.6 is 22.7 Å². The van der Waals surface area contributed by atoms with Gasteiger partial charge in [-0.1, -0.05) is 143 Å².